The quantitative estimate of drug-likeness (QED) is 0.320. The number of ketones is 1. The second kappa shape index (κ2) is 10.3. The van der Waals surface area contributed by atoms with Crippen LogP contribution in [0.4, 0.5) is 10.3 Å². The highest BCUT2D eigenvalue weighted by molar-refractivity contribution is 7.52. The van der Waals surface area contributed by atoms with Crippen molar-refractivity contribution in [1.29, 1.82) is 0 Å². The molecule has 2 aromatic heterocycles. The molecule has 0 aliphatic carbocycles. The van der Waals surface area contributed by atoms with Crippen molar-refractivity contribution in [3.8, 4) is 11.6 Å². The number of Topliss-reactive ketones (excluding diaryl/α,β-unsaturated/α-hetero) is 1. The van der Waals surface area contributed by atoms with E-state index in [9.17, 15) is 14.5 Å². The molecule has 15 heteroatoms. The minimum absolute atomic E-state index is 0.0329. The second-order valence-corrected chi connectivity index (χ2v) is 10.0. The van der Waals surface area contributed by atoms with Crippen molar-refractivity contribution in [2.75, 3.05) is 19.5 Å². The number of ether oxygens (including phenoxy) is 2. The highest BCUT2D eigenvalue weighted by atomic mass is 31.2. The molecule has 200 valence electrons. The molecule has 4 rings (SSSR count). The fourth-order valence-electron chi connectivity index (χ4n) is 3.58. The van der Waals surface area contributed by atoms with Crippen LogP contribution in [0.15, 0.2) is 36.7 Å². The summed E-state index contributed by atoms with van der Waals surface area (Å²) in [7, 11) is -3.05. The first-order valence-corrected chi connectivity index (χ1v) is 12.6. The molecule has 1 fully saturated rings. The summed E-state index contributed by atoms with van der Waals surface area (Å²) >= 11 is 0. The van der Waals surface area contributed by atoms with Gasteiger partial charge in [-0.05, 0) is 32.8 Å². The van der Waals surface area contributed by atoms with E-state index in [1.807, 2.05) is 0 Å². The number of benzene rings is 1. The first-order chi connectivity index (χ1) is 18.7. The predicted molar refractivity (Wildman–Crippen MR) is 130 cm³/mol. The molecule has 0 radical (unpaired) electrons. The van der Waals surface area contributed by atoms with Gasteiger partial charge in [0.25, 0.3) is 0 Å². The Hall–Kier alpha value is -3.16. The Labute approximate surface area is 215 Å². The topological polar surface area (TPSA) is 173 Å². The molecular formula is C22H28FN6O7P. The van der Waals surface area contributed by atoms with Gasteiger partial charge in [-0.1, -0.05) is 18.2 Å². The normalized spacial score (nSPS) is 27.6. The number of aliphatic hydroxyl groups is 1. The van der Waals surface area contributed by atoms with E-state index in [4.69, 9.17) is 28.4 Å². The number of para-hydroxylation sites is 1. The van der Waals surface area contributed by atoms with Gasteiger partial charge in [0.1, 0.15) is 23.7 Å². The minimum Gasteiger partial charge on any atom is -0.479 e. The first-order valence-electron chi connectivity index (χ1n) is 12.5. The molecule has 4 N–H and O–H groups in total. The minimum atomic E-state index is -4.35. The van der Waals surface area contributed by atoms with Crippen LogP contribution in [0, 0.1) is 0 Å². The number of imidazole rings is 1. The number of aliphatic hydroxyl groups excluding tert-OH is 1. The van der Waals surface area contributed by atoms with Crippen LogP contribution in [0.5, 0.6) is 11.6 Å². The Morgan fingerprint density at radius 2 is 2.16 bits per heavy atom. The Balaban J connectivity index is 1.67. The zero-order valence-electron chi connectivity index (χ0n) is 23.1. The van der Waals surface area contributed by atoms with E-state index in [-0.39, 0.29) is 34.5 Å². The molecule has 1 aliphatic rings. The number of rotatable bonds is 10. The highest BCUT2D eigenvalue weighted by Gasteiger charge is 2.56. The number of fused-ring (bicyclic) bond motifs is 1. The van der Waals surface area contributed by atoms with Crippen molar-refractivity contribution < 1.29 is 41.5 Å². The molecule has 13 nitrogen and oxygen atoms in total. The fourth-order valence-corrected chi connectivity index (χ4v) is 5.16. The van der Waals surface area contributed by atoms with E-state index in [1.165, 1.54) is 33.1 Å². The van der Waals surface area contributed by atoms with Crippen molar-refractivity contribution in [1.82, 2.24) is 24.6 Å². The number of anilines is 1. The maximum absolute atomic E-state index is 16.5. The Bertz CT molecular complexity index is 1430. The first kappa shape index (κ1) is 23.0. The standard InChI is InChI=1S/C22H28FN6O7P/c1-12(13(2)30)28-37(32,36-14-8-6-5-7-9-14)34-10-15-17(31)22(3,23)20(35-15)29-11-25-16-18(29)26-21(24)27-19(16)33-4/h5-9,11-12,15,17,20,31H,10H2,1-4H3,(H,28,32)(H2,24,26,27)/t12-,15+,17+,20+,22+,37?/m0/s1/i3D3. The summed E-state index contributed by atoms with van der Waals surface area (Å²) < 4.78 is 76.4. The van der Waals surface area contributed by atoms with E-state index < -0.39 is 51.4 Å². The van der Waals surface area contributed by atoms with Gasteiger partial charge in [-0.25, -0.2) is 19.0 Å². The number of alkyl halides is 1. The van der Waals surface area contributed by atoms with Crippen LogP contribution >= 0.6 is 7.75 Å². The van der Waals surface area contributed by atoms with Gasteiger partial charge in [-0.2, -0.15) is 9.97 Å². The fraction of sp³-hybridized carbons (Fsp3) is 0.455. The van der Waals surface area contributed by atoms with Gasteiger partial charge in [0.15, 0.2) is 23.1 Å². The van der Waals surface area contributed by atoms with Gasteiger partial charge in [-0.3, -0.25) is 13.9 Å². The lowest BCUT2D eigenvalue weighted by molar-refractivity contribution is -0.118. The monoisotopic (exact) mass is 541 g/mol. The molecule has 1 aromatic carbocycles. The van der Waals surface area contributed by atoms with Gasteiger partial charge in [0, 0.05) is 4.11 Å². The Morgan fingerprint density at radius 1 is 1.43 bits per heavy atom. The number of halogens is 1. The average Bonchev–Trinajstić information content (AvgIpc) is 3.41. The summed E-state index contributed by atoms with van der Waals surface area (Å²) in [6.07, 6.45) is -4.94. The Morgan fingerprint density at radius 3 is 2.81 bits per heavy atom. The molecule has 0 spiro atoms. The van der Waals surface area contributed by atoms with Crippen LogP contribution < -0.4 is 20.1 Å². The summed E-state index contributed by atoms with van der Waals surface area (Å²) in [4.78, 5) is 23.8. The van der Waals surface area contributed by atoms with Gasteiger partial charge in [0.05, 0.1) is 26.1 Å². The molecule has 0 bridgehead atoms. The number of aromatic nitrogens is 4. The van der Waals surface area contributed by atoms with Crippen molar-refractivity contribution in [2.45, 2.75) is 50.8 Å². The SMILES string of the molecule is [2H]C([2H])([2H])[C@@]1(F)[C@H](O)[C@@H](COP(=O)(N[C@@H](C)C(C)=O)Oc2ccccc2)O[C@H]1n1cnc2c(OC)nc(N)nc21. The number of methoxy groups -OCH3 is 1. The molecule has 37 heavy (non-hydrogen) atoms. The lowest BCUT2D eigenvalue weighted by Gasteiger charge is -2.25. The number of nitrogens with one attached hydrogen (secondary N) is 1. The van der Waals surface area contributed by atoms with Crippen LogP contribution in [-0.4, -0.2) is 68.0 Å². The maximum Gasteiger partial charge on any atom is 0.459 e. The van der Waals surface area contributed by atoms with Crippen LogP contribution in [0.1, 0.15) is 31.0 Å². The van der Waals surface area contributed by atoms with Crippen LogP contribution in [-0.2, 0) is 18.6 Å². The van der Waals surface area contributed by atoms with Crippen LogP contribution in [0.2, 0.25) is 0 Å². The molecule has 3 heterocycles. The number of hydrogen-bond donors (Lipinski definition) is 3. The third kappa shape index (κ3) is 5.43. The molecule has 3 aromatic rings. The zero-order valence-corrected chi connectivity index (χ0v) is 21.0. The summed E-state index contributed by atoms with van der Waals surface area (Å²) in [5, 5.41) is 13.4. The molecular weight excluding hydrogens is 510 g/mol. The summed E-state index contributed by atoms with van der Waals surface area (Å²) in [5.41, 5.74) is 2.22. The van der Waals surface area contributed by atoms with Crippen LogP contribution in [0.25, 0.3) is 11.2 Å². The van der Waals surface area contributed by atoms with Crippen molar-refractivity contribution >= 4 is 30.6 Å². The van der Waals surface area contributed by atoms with E-state index in [0.29, 0.717) is 0 Å². The molecule has 1 unspecified atom stereocenters. The van der Waals surface area contributed by atoms with E-state index in [1.54, 1.807) is 18.2 Å². The molecule has 1 saturated heterocycles. The Kier molecular flexibility index (Phi) is 6.40. The number of carbonyl (C=O) groups is 1. The summed E-state index contributed by atoms with van der Waals surface area (Å²) in [5.74, 6) is -0.583. The van der Waals surface area contributed by atoms with Gasteiger partial charge in [-0.15, -0.1) is 0 Å². The molecule has 1 aliphatic heterocycles. The third-order valence-electron chi connectivity index (χ3n) is 5.64. The smallest absolute Gasteiger partial charge is 0.459 e. The van der Waals surface area contributed by atoms with Crippen LogP contribution in [0.3, 0.4) is 0 Å². The number of nitrogen functional groups attached to an aromatic ring is 1. The zero-order chi connectivity index (χ0) is 29.5. The average molecular weight is 541 g/mol. The molecule has 0 amide bonds. The van der Waals surface area contributed by atoms with Crippen molar-refractivity contribution in [3.63, 3.8) is 0 Å². The number of nitrogens with zero attached hydrogens (tertiary/aromatic N) is 4. The van der Waals surface area contributed by atoms with Crippen molar-refractivity contribution in [3.05, 3.63) is 36.7 Å². The van der Waals surface area contributed by atoms with E-state index in [2.05, 4.69) is 20.0 Å². The number of hydrogen-bond acceptors (Lipinski definition) is 11. The van der Waals surface area contributed by atoms with Crippen molar-refractivity contribution in [2.24, 2.45) is 0 Å². The number of carbonyl (C=O) groups excluding carboxylic acids is 1. The van der Waals surface area contributed by atoms with Gasteiger partial charge in [0.2, 0.25) is 11.8 Å². The second-order valence-electron chi connectivity index (χ2n) is 8.31. The molecule has 6 atom stereocenters. The number of nitrogens with two attached hydrogens (primary N) is 1. The van der Waals surface area contributed by atoms with Gasteiger partial charge < -0.3 is 24.8 Å². The lowest BCUT2D eigenvalue weighted by Crippen LogP contribution is -2.41. The van der Waals surface area contributed by atoms with Gasteiger partial charge >= 0.3 is 7.75 Å². The maximum atomic E-state index is 16.5. The predicted octanol–water partition coefficient (Wildman–Crippen LogP) is 2.17. The highest BCUT2D eigenvalue weighted by Crippen LogP contribution is 2.48. The van der Waals surface area contributed by atoms with E-state index >= 15 is 4.39 Å². The van der Waals surface area contributed by atoms with E-state index in [0.717, 1.165) is 10.9 Å². The third-order valence-corrected chi connectivity index (χ3v) is 7.28. The summed E-state index contributed by atoms with van der Waals surface area (Å²) in [6, 6.07) is 6.91. The lowest BCUT2D eigenvalue weighted by atomic mass is 9.98. The largest absolute Gasteiger partial charge is 0.479 e. The molecule has 0 saturated carbocycles. The summed E-state index contributed by atoms with van der Waals surface area (Å²) in [6.45, 7) is -1.53.